The van der Waals surface area contributed by atoms with Gasteiger partial charge in [0.05, 0.1) is 22.2 Å². The number of alkyl halides is 3. The lowest BCUT2D eigenvalue weighted by Gasteiger charge is -2.31. The van der Waals surface area contributed by atoms with Crippen LogP contribution in [0.4, 0.5) is 18.9 Å². The third-order valence-corrected chi connectivity index (χ3v) is 6.03. The number of ether oxygens (including phenoxy) is 2. The summed E-state index contributed by atoms with van der Waals surface area (Å²) in [6, 6.07) is 18.7. The van der Waals surface area contributed by atoms with Crippen LogP contribution in [0, 0.1) is 11.3 Å². The maximum Gasteiger partial charge on any atom is 0.416 e. The number of carbonyl (C=O) groups excluding carboxylic acids is 2. The fourth-order valence-corrected chi connectivity index (χ4v) is 3.92. The van der Waals surface area contributed by atoms with Crippen molar-refractivity contribution in [3.05, 3.63) is 88.4 Å². The Labute approximate surface area is 227 Å². The molecule has 0 radical (unpaired) electrons. The Morgan fingerprint density at radius 1 is 0.947 bits per heavy atom. The molecule has 0 saturated carbocycles. The van der Waals surface area contributed by atoms with E-state index >= 15 is 0 Å². The Morgan fingerprint density at radius 2 is 1.61 bits per heavy atom. The van der Waals surface area contributed by atoms with Crippen molar-refractivity contribution in [1.29, 1.82) is 5.26 Å². The van der Waals surface area contributed by atoms with Gasteiger partial charge in [-0.3, -0.25) is 9.59 Å². The molecule has 38 heavy (non-hydrogen) atoms. The molecule has 198 valence electrons. The van der Waals surface area contributed by atoms with Gasteiger partial charge in [-0.15, -0.1) is 0 Å². The molecule has 0 spiro atoms. The zero-order chi connectivity index (χ0) is 27.9. The lowest BCUT2D eigenvalue weighted by Crippen LogP contribution is -2.57. The molecule has 11 heteroatoms. The van der Waals surface area contributed by atoms with Crippen LogP contribution < -0.4 is 14.4 Å². The van der Waals surface area contributed by atoms with E-state index in [4.69, 9.17) is 32.7 Å². The molecule has 0 aromatic heterocycles. The number of Topliss-reactive ketones (excluding diaryl/α,β-unsaturated/α-hetero) is 1. The fraction of sp³-hybridized carbons (Fsp3) is 0.222. The second-order valence-electron chi connectivity index (χ2n) is 7.88. The van der Waals surface area contributed by atoms with Crippen molar-refractivity contribution in [2.75, 3.05) is 18.1 Å². The van der Waals surface area contributed by atoms with E-state index in [1.807, 2.05) is 0 Å². The molecule has 6 nitrogen and oxygen atoms in total. The van der Waals surface area contributed by atoms with E-state index in [0.717, 1.165) is 12.1 Å². The molecule has 0 aliphatic carbocycles. The summed E-state index contributed by atoms with van der Waals surface area (Å²) in [4.78, 5) is 28.4. The second kappa shape index (κ2) is 12.2. The van der Waals surface area contributed by atoms with Crippen LogP contribution in [0.25, 0.3) is 0 Å². The van der Waals surface area contributed by atoms with Gasteiger partial charge >= 0.3 is 11.8 Å². The highest BCUT2D eigenvalue weighted by Gasteiger charge is 2.51. The first-order valence-corrected chi connectivity index (χ1v) is 12.0. The average Bonchev–Trinajstić information content (AvgIpc) is 2.89. The largest absolute Gasteiger partial charge is 0.492 e. The number of amides is 1. The van der Waals surface area contributed by atoms with Crippen LogP contribution in [-0.4, -0.2) is 30.4 Å². The van der Waals surface area contributed by atoms with E-state index in [1.54, 1.807) is 55.5 Å². The molecule has 3 aromatic rings. The minimum atomic E-state index is -4.59. The van der Waals surface area contributed by atoms with Gasteiger partial charge in [0, 0.05) is 18.7 Å². The number of nitriles is 1. The van der Waals surface area contributed by atoms with Crippen LogP contribution in [0.1, 0.15) is 18.9 Å². The summed E-state index contributed by atoms with van der Waals surface area (Å²) in [6.07, 6.45) is -5.10. The number of para-hydroxylation sites is 2. The van der Waals surface area contributed by atoms with Crippen LogP contribution in [0.5, 0.6) is 11.5 Å². The SMILES string of the molecule is CCN(C(=O)C(C#N)(Oc1ccccc1Cl)C(=O)CCOc1ccc(C(F)(F)F)cc1Cl)c1ccccc1. The summed E-state index contributed by atoms with van der Waals surface area (Å²) in [5, 5.41) is 9.93. The summed E-state index contributed by atoms with van der Waals surface area (Å²) >= 11 is 12.1. The van der Waals surface area contributed by atoms with Crippen molar-refractivity contribution >= 4 is 40.6 Å². The maximum atomic E-state index is 13.7. The molecule has 3 rings (SSSR count). The quantitative estimate of drug-likeness (QED) is 0.254. The molecule has 0 fully saturated rings. The molecule has 1 atom stereocenters. The Bertz CT molecular complexity index is 1350. The Kier molecular flexibility index (Phi) is 9.26. The number of anilines is 1. The number of hydrogen-bond donors (Lipinski definition) is 0. The van der Waals surface area contributed by atoms with Crippen LogP contribution >= 0.6 is 23.2 Å². The Balaban J connectivity index is 1.90. The predicted molar refractivity (Wildman–Crippen MR) is 136 cm³/mol. The van der Waals surface area contributed by atoms with Gasteiger partial charge in [-0.1, -0.05) is 53.5 Å². The highest BCUT2D eigenvalue weighted by molar-refractivity contribution is 6.32. The number of nitrogens with zero attached hydrogens (tertiary/aromatic N) is 2. The lowest BCUT2D eigenvalue weighted by atomic mass is 9.94. The van der Waals surface area contributed by atoms with Crippen LogP contribution in [0.2, 0.25) is 10.0 Å². The number of ketones is 1. The maximum absolute atomic E-state index is 13.7. The molecular weight excluding hydrogens is 544 g/mol. The van der Waals surface area contributed by atoms with E-state index < -0.39 is 42.1 Å². The van der Waals surface area contributed by atoms with E-state index in [2.05, 4.69) is 0 Å². The van der Waals surface area contributed by atoms with Gasteiger partial charge in [0.1, 0.15) is 17.6 Å². The summed E-state index contributed by atoms with van der Waals surface area (Å²) in [5.41, 5.74) is -3.17. The third-order valence-electron chi connectivity index (χ3n) is 5.43. The van der Waals surface area contributed by atoms with Crippen molar-refractivity contribution in [1.82, 2.24) is 0 Å². The zero-order valence-electron chi connectivity index (χ0n) is 20.0. The molecule has 3 aromatic carbocycles. The number of likely N-dealkylation sites (N-methyl/N-ethyl adjacent to an activating group) is 1. The minimum absolute atomic E-state index is 0.0618. The number of benzene rings is 3. The van der Waals surface area contributed by atoms with Gasteiger partial charge in [-0.05, 0) is 49.4 Å². The van der Waals surface area contributed by atoms with Crippen molar-refractivity contribution in [3.8, 4) is 17.6 Å². The lowest BCUT2D eigenvalue weighted by molar-refractivity contribution is -0.142. The summed E-state index contributed by atoms with van der Waals surface area (Å²) in [7, 11) is 0. The van der Waals surface area contributed by atoms with Gasteiger partial charge in [0.2, 0.25) is 5.78 Å². The summed E-state index contributed by atoms with van der Waals surface area (Å²) in [6.45, 7) is 1.38. The zero-order valence-corrected chi connectivity index (χ0v) is 21.5. The van der Waals surface area contributed by atoms with Crippen molar-refractivity contribution in [3.63, 3.8) is 0 Å². The molecule has 0 bridgehead atoms. The first-order valence-electron chi connectivity index (χ1n) is 11.3. The molecule has 1 amide bonds. The van der Waals surface area contributed by atoms with Crippen LogP contribution in [0.15, 0.2) is 72.8 Å². The molecule has 1 unspecified atom stereocenters. The smallest absolute Gasteiger partial charge is 0.416 e. The molecule has 0 aliphatic heterocycles. The third kappa shape index (κ3) is 6.39. The van der Waals surface area contributed by atoms with Crippen LogP contribution in [0.3, 0.4) is 0 Å². The van der Waals surface area contributed by atoms with E-state index in [9.17, 15) is 28.0 Å². The van der Waals surface area contributed by atoms with Gasteiger partial charge in [0.15, 0.2) is 0 Å². The normalized spacial score (nSPS) is 12.7. The fourth-order valence-electron chi connectivity index (χ4n) is 3.51. The highest BCUT2D eigenvalue weighted by atomic mass is 35.5. The molecule has 0 saturated heterocycles. The van der Waals surface area contributed by atoms with Crippen molar-refractivity contribution < 1.29 is 32.2 Å². The van der Waals surface area contributed by atoms with Gasteiger partial charge in [0.25, 0.3) is 5.91 Å². The monoisotopic (exact) mass is 564 g/mol. The average molecular weight is 565 g/mol. The molecule has 0 heterocycles. The summed E-state index contributed by atoms with van der Waals surface area (Å²) < 4.78 is 49.8. The van der Waals surface area contributed by atoms with Gasteiger partial charge in [-0.25, -0.2) is 0 Å². The van der Waals surface area contributed by atoms with E-state index in [-0.39, 0.29) is 28.1 Å². The van der Waals surface area contributed by atoms with E-state index in [1.165, 1.54) is 17.0 Å². The summed E-state index contributed by atoms with van der Waals surface area (Å²) in [5.74, 6) is -2.05. The van der Waals surface area contributed by atoms with Crippen LogP contribution in [-0.2, 0) is 15.8 Å². The van der Waals surface area contributed by atoms with Crippen molar-refractivity contribution in [2.45, 2.75) is 25.1 Å². The number of halogens is 5. The Morgan fingerprint density at radius 3 is 2.18 bits per heavy atom. The first-order chi connectivity index (χ1) is 18.0. The van der Waals surface area contributed by atoms with Crippen molar-refractivity contribution in [2.24, 2.45) is 0 Å². The number of rotatable bonds is 10. The predicted octanol–water partition coefficient (Wildman–Crippen LogP) is 6.74. The number of hydrogen-bond acceptors (Lipinski definition) is 5. The first kappa shape index (κ1) is 28.8. The number of carbonyl (C=O) groups is 2. The molecular formula is C27H21Cl2F3N2O4. The topological polar surface area (TPSA) is 79.6 Å². The molecule has 0 N–H and O–H groups in total. The van der Waals surface area contributed by atoms with E-state index in [0.29, 0.717) is 11.8 Å². The highest BCUT2D eigenvalue weighted by Crippen LogP contribution is 2.35. The molecule has 0 aliphatic rings. The minimum Gasteiger partial charge on any atom is -0.492 e. The van der Waals surface area contributed by atoms with Gasteiger partial charge in [-0.2, -0.15) is 18.4 Å². The second-order valence-corrected chi connectivity index (χ2v) is 8.69. The van der Waals surface area contributed by atoms with Gasteiger partial charge < -0.3 is 14.4 Å². The standard InChI is InChI=1S/C27H21Cl2F3N2O4/c1-2-34(19-8-4-3-5-9-19)25(36)26(17-33,38-23-11-7-6-10-20(23)28)24(35)14-15-37-22-13-12-18(16-21(22)29)27(30,31)32/h3-13,16H,2,14-15H2,1H3. The Hall–Kier alpha value is -3.74.